The molecule has 104 valence electrons. The average Bonchev–Trinajstić information content (AvgIpc) is 2.27. The van der Waals surface area contributed by atoms with Crippen molar-refractivity contribution in [2.75, 3.05) is 5.75 Å². The highest BCUT2D eigenvalue weighted by atomic mass is 79.9. The lowest BCUT2D eigenvalue weighted by Gasteiger charge is -2.08. The highest BCUT2D eigenvalue weighted by Crippen LogP contribution is 2.28. The fraction of sp³-hybridized carbons (Fsp3) is 0.222. The van der Waals surface area contributed by atoms with E-state index in [0.717, 1.165) is 12.1 Å². The summed E-state index contributed by atoms with van der Waals surface area (Å²) in [5.74, 6) is -2.41. The van der Waals surface area contributed by atoms with E-state index in [4.69, 9.17) is 10.8 Å². The molecular weight excluding hydrogens is 344 g/mol. The van der Waals surface area contributed by atoms with Crippen LogP contribution in [-0.4, -0.2) is 36.2 Å². The van der Waals surface area contributed by atoms with Crippen LogP contribution in [0.5, 0.6) is 0 Å². The molecule has 3 N–H and O–H groups in total. The molecule has 0 radical (unpaired) electrons. The van der Waals surface area contributed by atoms with E-state index in [1.165, 1.54) is 6.07 Å². The van der Waals surface area contributed by atoms with Gasteiger partial charge in [0.1, 0.15) is 10.9 Å². The molecule has 10 heteroatoms. The van der Waals surface area contributed by atoms with Crippen LogP contribution in [0.4, 0.5) is 5.69 Å². The van der Waals surface area contributed by atoms with Crippen LogP contribution in [0.25, 0.3) is 0 Å². The van der Waals surface area contributed by atoms with Crippen molar-refractivity contribution in [3.63, 3.8) is 0 Å². The molecular formula is C9H9BrN2O6S. The van der Waals surface area contributed by atoms with E-state index in [9.17, 15) is 23.3 Å². The second kappa shape index (κ2) is 5.63. The number of carboxylic acid groups (broad SMARTS) is 1. The first-order valence-corrected chi connectivity index (χ1v) is 7.25. The van der Waals surface area contributed by atoms with Gasteiger partial charge < -0.3 is 10.8 Å². The maximum atomic E-state index is 11.9. The molecule has 0 fully saturated rings. The Morgan fingerprint density at radius 3 is 2.58 bits per heavy atom. The van der Waals surface area contributed by atoms with Crippen molar-refractivity contribution in [3.05, 3.63) is 32.8 Å². The summed E-state index contributed by atoms with van der Waals surface area (Å²) in [5.41, 5.74) is 4.51. The van der Waals surface area contributed by atoms with Crippen molar-refractivity contribution < 1.29 is 23.2 Å². The number of rotatable bonds is 5. The van der Waals surface area contributed by atoms with Gasteiger partial charge in [0.05, 0.1) is 10.7 Å². The van der Waals surface area contributed by atoms with Crippen molar-refractivity contribution in [2.24, 2.45) is 5.73 Å². The Morgan fingerprint density at radius 1 is 1.53 bits per heavy atom. The highest BCUT2D eigenvalue weighted by molar-refractivity contribution is 9.10. The second-order valence-electron chi connectivity index (χ2n) is 3.60. The highest BCUT2D eigenvalue weighted by Gasteiger charge is 2.29. The van der Waals surface area contributed by atoms with Gasteiger partial charge >= 0.3 is 5.97 Å². The summed E-state index contributed by atoms with van der Waals surface area (Å²) in [7, 11) is -4.17. The van der Waals surface area contributed by atoms with Crippen LogP contribution >= 0.6 is 15.9 Å². The number of hydrogen-bond donors (Lipinski definition) is 2. The molecule has 19 heavy (non-hydrogen) atoms. The maximum absolute atomic E-state index is 11.9. The molecule has 1 rings (SSSR count). The minimum absolute atomic E-state index is 0.334. The quantitative estimate of drug-likeness (QED) is 0.581. The minimum atomic E-state index is -4.17. The molecule has 0 amide bonds. The fourth-order valence-corrected chi connectivity index (χ4v) is 3.17. The predicted octanol–water partition coefficient (Wildman–Crippen LogP) is 0.543. The lowest BCUT2D eigenvalue weighted by Crippen LogP contribution is -2.37. The van der Waals surface area contributed by atoms with E-state index < -0.39 is 43.1 Å². The number of benzene rings is 1. The van der Waals surface area contributed by atoms with Gasteiger partial charge in [-0.2, -0.15) is 0 Å². The van der Waals surface area contributed by atoms with Crippen molar-refractivity contribution in [1.29, 1.82) is 0 Å². The van der Waals surface area contributed by atoms with Gasteiger partial charge in [-0.15, -0.1) is 0 Å². The van der Waals surface area contributed by atoms with E-state index in [1.807, 2.05) is 0 Å². The zero-order valence-electron chi connectivity index (χ0n) is 9.32. The number of nitro benzene ring substituents is 1. The third kappa shape index (κ3) is 3.72. The van der Waals surface area contributed by atoms with E-state index in [-0.39, 0.29) is 0 Å². The van der Waals surface area contributed by atoms with Gasteiger partial charge in [0.25, 0.3) is 5.69 Å². The first kappa shape index (κ1) is 15.5. The van der Waals surface area contributed by atoms with Crippen molar-refractivity contribution in [3.8, 4) is 0 Å². The van der Waals surface area contributed by atoms with E-state index >= 15 is 0 Å². The van der Waals surface area contributed by atoms with Crippen LogP contribution in [0.15, 0.2) is 27.6 Å². The molecule has 0 aliphatic heterocycles. The molecule has 0 bridgehead atoms. The Kier molecular flexibility index (Phi) is 4.61. The van der Waals surface area contributed by atoms with E-state index in [0.29, 0.717) is 4.47 Å². The maximum Gasteiger partial charge on any atom is 0.321 e. The summed E-state index contributed by atoms with van der Waals surface area (Å²) in [4.78, 5) is 19.9. The molecule has 0 aromatic heterocycles. The number of halogens is 1. The van der Waals surface area contributed by atoms with Gasteiger partial charge in [-0.05, 0) is 12.1 Å². The molecule has 0 saturated heterocycles. The summed E-state index contributed by atoms with van der Waals surface area (Å²) in [6.07, 6.45) is 0. The molecule has 0 unspecified atom stereocenters. The number of hydrogen-bond acceptors (Lipinski definition) is 6. The molecule has 8 nitrogen and oxygen atoms in total. The van der Waals surface area contributed by atoms with Crippen molar-refractivity contribution >= 4 is 37.4 Å². The molecule has 0 saturated carbocycles. The Morgan fingerprint density at radius 2 is 2.11 bits per heavy atom. The first-order valence-electron chi connectivity index (χ1n) is 4.80. The zero-order chi connectivity index (χ0) is 14.8. The third-order valence-electron chi connectivity index (χ3n) is 2.17. The second-order valence-corrected chi connectivity index (χ2v) is 6.51. The Balaban J connectivity index is 3.29. The number of nitrogens with zero attached hydrogens (tertiary/aromatic N) is 1. The Bertz CT molecular complexity index is 630. The van der Waals surface area contributed by atoms with Crippen LogP contribution < -0.4 is 5.73 Å². The zero-order valence-corrected chi connectivity index (χ0v) is 11.7. The largest absolute Gasteiger partial charge is 0.480 e. The summed E-state index contributed by atoms with van der Waals surface area (Å²) < 4.78 is 24.2. The lowest BCUT2D eigenvalue weighted by atomic mass is 10.3. The van der Waals surface area contributed by atoms with Gasteiger partial charge in [-0.25, -0.2) is 8.42 Å². The van der Waals surface area contributed by atoms with Gasteiger partial charge in [0.2, 0.25) is 0 Å². The van der Waals surface area contributed by atoms with Crippen LogP contribution in [0.3, 0.4) is 0 Å². The van der Waals surface area contributed by atoms with Gasteiger partial charge in [0.15, 0.2) is 9.84 Å². The summed E-state index contributed by atoms with van der Waals surface area (Å²) in [6, 6.07) is 1.73. The number of nitro groups is 1. The number of nitrogens with two attached hydrogens (primary N) is 1. The lowest BCUT2D eigenvalue weighted by molar-refractivity contribution is -0.387. The number of carboxylic acids is 1. The van der Waals surface area contributed by atoms with Crippen LogP contribution in [0.1, 0.15) is 0 Å². The summed E-state index contributed by atoms with van der Waals surface area (Å²) >= 11 is 2.99. The van der Waals surface area contributed by atoms with Crippen LogP contribution in [-0.2, 0) is 14.6 Å². The number of carbonyl (C=O) groups is 1. The van der Waals surface area contributed by atoms with Gasteiger partial charge in [-0.1, -0.05) is 15.9 Å². The SMILES string of the molecule is N[C@@H](CS(=O)(=O)c1ccc(Br)cc1[N+](=O)[O-])C(=O)O. The molecule has 0 aliphatic rings. The number of sulfone groups is 1. The predicted molar refractivity (Wildman–Crippen MR) is 68.5 cm³/mol. The van der Waals surface area contributed by atoms with Gasteiger partial charge in [0, 0.05) is 10.5 Å². The number of aliphatic carboxylic acids is 1. The minimum Gasteiger partial charge on any atom is -0.480 e. The molecule has 0 spiro atoms. The third-order valence-corrected chi connectivity index (χ3v) is 4.48. The van der Waals surface area contributed by atoms with Crippen molar-refractivity contribution in [2.45, 2.75) is 10.9 Å². The summed E-state index contributed by atoms with van der Waals surface area (Å²) in [5, 5.41) is 19.4. The normalized spacial score (nSPS) is 12.9. The molecule has 1 aromatic rings. The van der Waals surface area contributed by atoms with E-state index in [2.05, 4.69) is 15.9 Å². The summed E-state index contributed by atoms with van der Waals surface area (Å²) in [6.45, 7) is 0. The van der Waals surface area contributed by atoms with Crippen LogP contribution in [0, 0.1) is 10.1 Å². The van der Waals surface area contributed by atoms with E-state index in [1.54, 1.807) is 0 Å². The fourth-order valence-electron chi connectivity index (χ4n) is 1.29. The first-order chi connectivity index (χ1) is 8.65. The molecule has 0 aliphatic carbocycles. The Labute approximate surface area is 116 Å². The topological polar surface area (TPSA) is 141 Å². The standard InChI is InChI=1S/C9H9BrN2O6S/c10-5-1-2-8(7(3-5)12(15)16)19(17,18)4-6(11)9(13)14/h1-3,6H,4,11H2,(H,13,14)/t6-/m0/s1. The monoisotopic (exact) mass is 352 g/mol. The average molecular weight is 353 g/mol. The molecule has 1 aromatic carbocycles. The smallest absolute Gasteiger partial charge is 0.321 e. The van der Waals surface area contributed by atoms with Gasteiger partial charge in [-0.3, -0.25) is 14.9 Å². The van der Waals surface area contributed by atoms with Crippen LogP contribution in [0.2, 0.25) is 0 Å². The van der Waals surface area contributed by atoms with Crippen molar-refractivity contribution in [1.82, 2.24) is 0 Å². The Hall–Kier alpha value is -1.52. The molecule has 0 heterocycles. The molecule has 1 atom stereocenters.